The van der Waals surface area contributed by atoms with E-state index in [1.165, 1.54) is 4.88 Å². The Kier molecular flexibility index (Phi) is 4.64. The van der Waals surface area contributed by atoms with Crippen molar-refractivity contribution in [3.05, 3.63) is 56.2 Å². The summed E-state index contributed by atoms with van der Waals surface area (Å²) in [6, 6.07) is 8.90. The summed E-state index contributed by atoms with van der Waals surface area (Å²) in [5.41, 5.74) is 0.412. The second-order valence-electron chi connectivity index (χ2n) is 3.71. The molecule has 1 amide bonds. The van der Waals surface area contributed by atoms with E-state index in [9.17, 15) is 4.79 Å². The van der Waals surface area contributed by atoms with Crippen LogP contribution >= 0.6 is 34.5 Å². The highest BCUT2D eigenvalue weighted by atomic mass is 35.5. The van der Waals surface area contributed by atoms with Crippen LogP contribution in [-0.2, 0) is 6.42 Å². The van der Waals surface area contributed by atoms with E-state index in [4.69, 9.17) is 23.2 Å². The Morgan fingerprint density at radius 1 is 1.28 bits per heavy atom. The fraction of sp³-hybridized carbons (Fsp3) is 0.154. The predicted molar refractivity (Wildman–Crippen MR) is 76.8 cm³/mol. The molecule has 0 radical (unpaired) electrons. The molecule has 1 N–H and O–H groups in total. The van der Waals surface area contributed by atoms with Crippen LogP contribution in [0.5, 0.6) is 0 Å². The average molecular weight is 300 g/mol. The van der Waals surface area contributed by atoms with Crippen LogP contribution < -0.4 is 5.32 Å². The summed E-state index contributed by atoms with van der Waals surface area (Å²) in [4.78, 5) is 13.1. The third kappa shape index (κ3) is 3.48. The first-order chi connectivity index (χ1) is 8.66. The molecule has 1 aromatic heterocycles. The predicted octanol–water partition coefficient (Wildman–Crippen LogP) is 4.03. The van der Waals surface area contributed by atoms with Gasteiger partial charge in [0.25, 0.3) is 5.91 Å². The minimum Gasteiger partial charge on any atom is -0.352 e. The maximum Gasteiger partial charge on any atom is 0.252 e. The number of hydrogen-bond donors (Lipinski definition) is 1. The van der Waals surface area contributed by atoms with Crippen LogP contribution in [0.25, 0.3) is 0 Å². The Bertz CT molecular complexity index is 540. The molecule has 0 saturated heterocycles. The molecule has 1 aromatic carbocycles. The van der Waals surface area contributed by atoms with Crippen molar-refractivity contribution in [3.63, 3.8) is 0 Å². The molecule has 18 heavy (non-hydrogen) atoms. The van der Waals surface area contributed by atoms with Crippen molar-refractivity contribution >= 4 is 40.4 Å². The smallest absolute Gasteiger partial charge is 0.252 e. The van der Waals surface area contributed by atoms with Crippen LogP contribution in [0, 0.1) is 0 Å². The number of rotatable bonds is 4. The van der Waals surface area contributed by atoms with E-state index in [1.54, 1.807) is 29.5 Å². The number of amides is 1. The maximum absolute atomic E-state index is 11.9. The SMILES string of the molecule is O=C(NCCc1cccs1)c1cc(Cl)ccc1Cl. The Hall–Kier alpha value is -1.03. The molecule has 5 heteroatoms. The molecule has 0 bridgehead atoms. The van der Waals surface area contributed by atoms with Crippen molar-refractivity contribution in [2.24, 2.45) is 0 Å². The molecule has 0 saturated carbocycles. The highest BCUT2D eigenvalue weighted by Crippen LogP contribution is 2.20. The van der Waals surface area contributed by atoms with Crippen molar-refractivity contribution < 1.29 is 4.79 Å². The van der Waals surface area contributed by atoms with Gasteiger partial charge in [-0.2, -0.15) is 0 Å². The van der Waals surface area contributed by atoms with Crippen LogP contribution in [0.4, 0.5) is 0 Å². The lowest BCUT2D eigenvalue weighted by atomic mass is 10.2. The van der Waals surface area contributed by atoms with E-state index >= 15 is 0 Å². The Morgan fingerprint density at radius 2 is 2.11 bits per heavy atom. The molecule has 1 heterocycles. The Balaban J connectivity index is 1.93. The molecule has 2 rings (SSSR count). The first-order valence-electron chi connectivity index (χ1n) is 5.42. The van der Waals surface area contributed by atoms with Gasteiger partial charge in [-0.3, -0.25) is 4.79 Å². The van der Waals surface area contributed by atoms with Gasteiger partial charge in [-0.15, -0.1) is 11.3 Å². The third-order valence-corrected chi connectivity index (χ3v) is 3.91. The van der Waals surface area contributed by atoms with Crippen molar-refractivity contribution in [2.75, 3.05) is 6.54 Å². The maximum atomic E-state index is 11.9. The lowest BCUT2D eigenvalue weighted by Gasteiger charge is -2.06. The van der Waals surface area contributed by atoms with E-state index in [1.807, 2.05) is 17.5 Å². The van der Waals surface area contributed by atoms with Crippen LogP contribution in [0.15, 0.2) is 35.7 Å². The van der Waals surface area contributed by atoms with Gasteiger partial charge in [0.15, 0.2) is 0 Å². The van der Waals surface area contributed by atoms with Crippen LogP contribution in [0.3, 0.4) is 0 Å². The first kappa shape index (κ1) is 13.4. The summed E-state index contributed by atoms with van der Waals surface area (Å²) >= 11 is 13.5. The fourth-order valence-corrected chi connectivity index (χ4v) is 2.61. The number of nitrogens with one attached hydrogen (secondary N) is 1. The molecule has 0 fully saturated rings. The van der Waals surface area contributed by atoms with Crippen LogP contribution in [0.2, 0.25) is 10.0 Å². The topological polar surface area (TPSA) is 29.1 Å². The van der Waals surface area contributed by atoms with Gasteiger partial charge in [0.05, 0.1) is 10.6 Å². The molecule has 0 aliphatic carbocycles. The van der Waals surface area contributed by atoms with Gasteiger partial charge in [-0.1, -0.05) is 29.3 Å². The lowest BCUT2D eigenvalue weighted by Crippen LogP contribution is -2.25. The molecule has 0 atom stereocenters. The third-order valence-electron chi connectivity index (χ3n) is 2.41. The molecule has 2 aromatic rings. The fourth-order valence-electron chi connectivity index (χ4n) is 1.52. The van der Waals surface area contributed by atoms with Crippen molar-refractivity contribution in [1.82, 2.24) is 5.32 Å². The van der Waals surface area contributed by atoms with Gasteiger partial charge in [0.1, 0.15) is 0 Å². The molecule has 0 spiro atoms. The van der Waals surface area contributed by atoms with E-state index in [-0.39, 0.29) is 5.91 Å². The number of carbonyl (C=O) groups is 1. The van der Waals surface area contributed by atoms with Gasteiger partial charge >= 0.3 is 0 Å². The van der Waals surface area contributed by atoms with Crippen molar-refractivity contribution in [2.45, 2.75) is 6.42 Å². The van der Waals surface area contributed by atoms with Gasteiger partial charge in [-0.05, 0) is 36.1 Å². The molecule has 0 aliphatic rings. The van der Waals surface area contributed by atoms with Crippen molar-refractivity contribution in [1.29, 1.82) is 0 Å². The molecule has 2 nitrogen and oxygen atoms in total. The summed E-state index contributed by atoms with van der Waals surface area (Å²) in [6.45, 7) is 0.586. The molecular weight excluding hydrogens is 289 g/mol. The Morgan fingerprint density at radius 3 is 2.83 bits per heavy atom. The number of thiophene rings is 1. The van der Waals surface area contributed by atoms with Crippen LogP contribution in [0.1, 0.15) is 15.2 Å². The minimum absolute atomic E-state index is 0.195. The highest BCUT2D eigenvalue weighted by molar-refractivity contribution is 7.09. The Labute approximate surface area is 120 Å². The minimum atomic E-state index is -0.195. The summed E-state index contributed by atoms with van der Waals surface area (Å²) in [7, 11) is 0. The van der Waals surface area contributed by atoms with Gasteiger partial charge < -0.3 is 5.32 Å². The standard InChI is InChI=1S/C13H11Cl2NOS/c14-9-3-4-12(15)11(8-9)13(17)16-6-5-10-2-1-7-18-10/h1-4,7-8H,5-6H2,(H,16,17). The van der Waals surface area contributed by atoms with E-state index in [0.717, 1.165) is 6.42 Å². The lowest BCUT2D eigenvalue weighted by molar-refractivity contribution is 0.0954. The van der Waals surface area contributed by atoms with Gasteiger partial charge in [0, 0.05) is 16.4 Å². The molecule has 0 aliphatic heterocycles. The normalized spacial score (nSPS) is 10.3. The number of benzene rings is 1. The highest BCUT2D eigenvalue weighted by Gasteiger charge is 2.10. The number of halogens is 2. The largest absolute Gasteiger partial charge is 0.352 e. The summed E-state index contributed by atoms with van der Waals surface area (Å²) < 4.78 is 0. The summed E-state index contributed by atoms with van der Waals surface area (Å²) in [5, 5.41) is 5.76. The van der Waals surface area contributed by atoms with Gasteiger partial charge in [-0.25, -0.2) is 0 Å². The summed E-state index contributed by atoms with van der Waals surface area (Å²) in [5.74, 6) is -0.195. The average Bonchev–Trinajstić information content (AvgIpc) is 2.85. The number of hydrogen-bond acceptors (Lipinski definition) is 2. The zero-order valence-electron chi connectivity index (χ0n) is 9.45. The van der Waals surface area contributed by atoms with Gasteiger partial charge in [0.2, 0.25) is 0 Å². The molecule has 0 unspecified atom stereocenters. The zero-order valence-corrected chi connectivity index (χ0v) is 11.8. The van der Waals surface area contributed by atoms with Crippen molar-refractivity contribution in [3.8, 4) is 0 Å². The zero-order chi connectivity index (χ0) is 13.0. The van der Waals surface area contributed by atoms with Crippen LogP contribution in [-0.4, -0.2) is 12.5 Å². The number of carbonyl (C=O) groups excluding carboxylic acids is 1. The monoisotopic (exact) mass is 299 g/mol. The quantitative estimate of drug-likeness (QED) is 0.907. The second kappa shape index (κ2) is 6.23. The molecular formula is C13H11Cl2NOS. The van der Waals surface area contributed by atoms with E-state index in [0.29, 0.717) is 22.2 Å². The van der Waals surface area contributed by atoms with E-state index < -0.39 is 0 Å². The molecule has 94 valence electrons. The second-order valence-corrected chi connectivity index (χ2v) is 5.59. The van der Waals surface area contributed by atoms with E-state index in [2.05, 4.69) is 5.32 Å². The summed E-state index contributed by atoms with van der Waals surface area (Å²) in [6.07, 6.45) is 0.821. The first-order valence-corrected chi connectivity index (χ1v) is 7.06.